The van der Waals surface area contributed by atoms with E-state index in [9.17, 15) is 18.0 Å². The minimum Gasteiger partial charge on any atom is -0.372 e. The molecule has 0 bridgehead atoms. The summed E-state index contributed by atoms with van der Waals surface area (Å²) in [6, 6.07) is 8.21. The van der Waals surface area contributed by atoms with Crippen LogP contribution in [0.4, 0.5) is 13.2 Å². The fourth-order valence-electron chi connectivity index (χ4n) is 2.69. The Morgan fingerprint density at radius 1 is 1.17 bits per heavy atom. The molecule has 0 N–H and O–H groups in total. The van der Waals surface area contributed by atoms with Crippen LogP contribution in [0.25, 0.3) is 0 Å². The molecule has 0 radical (unpaired) electrons. The topological polar surface area (TPSA) is 32.8 Å². The van der Waals surface area contributed by atoms with Crippen LogP contribution in [0.2, 0.25) is 0 Å². The number of rotatable bonds is 6. The van der Waals surface area contributed by atoms with Gasteiger partial charge in [-0.15, -0.1) is 0 Å². The van der Waals surface area contributed by atoms with Crippen molar-refractivity contribution in [2.24, 2.45) is 0 Å². The minimum absolute atomic E-state index is 0.00608. The molecule has 0 aliphatic carbocycles. The van der Waals surface area contributed by atoms with Crippen LogP contribution < -0.4 is 0 Å². The molecule has 134 valence electrons. The van der Waals surface area contributed by atoms with Crippen molar-refractivity contribution in [1.82, 2.24) is 9.80 Å². The fourth-order valence-corrected chi connectivity index (χ4v) is 2.69. The van der Waals surface area contributed by atoms with E-state index in [4.69, 9.17) is 0 Å². The quantitative estimate of drug-likeness (QED) is 0.744. The Morgan fingerprint density at radius 3 is 2.46 bits per heavy atom. The molecule has 1 aliphatic rings. The van der Waals surface area contributed by atoms with Gasteiger partial charge in [0.15, 0.2) is 0 Å². The minimum atomic E-state index is -4.34. The Morgan fingerprint density at radius 2 is 1.83 bits per heavy atom. The number of piperazine rings is 1. The second-order valence-electron chi connectivity index (χ2n) is 6.00. The van der Waals surface area contributed by atoms with E-state index < -0.39 is 12.8 Å². The van der Waals surface area contributed by atoms with Crippen molar-refractivity contribution in [3.05, 3.63) is 35.4 Å². The standard InChI is InChI=1S/C17H23F3N2O2/c1-14-4-2-3-5-15(14)12-21-7-9-22(10-8-21)16(23)6-11-24-13-17(18,19)20/h2-5H,6-13H2,1H3. The third-order valence-electron chi connectivity index (χ3n) is 4.11. The molecule has 7 heteroatoms. The van der Waals surface area contributed by atoms with Gasteiger partial charge in [-0.1, -0.05) is 24.3 Å². The molecule has 2 rings (SSSR count). The van der Waals surface area contributed by atoms with Gasteiger partial charge in [-0.2, -0.15) is 13.2 Å². The van der Waals surface area contributed by atoms with Gasteiger partial charge >= 0.3 is 6.18 Å². The van der Waals surface area contributed by atoms with Gasteiger partial charge in [0, 0.05) is 32.7 Å². The van der Waals surface area contributed by atoms with E-state index in [0.717, 1.165) is 19.6 Å². The van der Waals surface area contributed by atoms with Crippen molar-refractivity contribution in [1.29, 1.82) is 0 Å². The Balaban J connectivity index is 1.68. The normalized spacial score (nSPS) is 16.4. The van der Waals surface area contributed by atoms with Gasteiger partial charge in [-0.25, -0.2) is 0 Å². The summed E-state index contributed by atoms with van der Waals surface area (Å²) in [5, 5.41) is 0. The van der Waals surface area contributed by atoms with Gasteiger partial charge in [-0.3, -0.25) is 9.69 Å². The van der Waals surface area contributed by atoms with E-state index in [-0.39, 0.29) is 18.9 Å². The molecule has 0 unspecified atom stereocenters. The van der Waals surface area contributed by atoms with Gasteiger partial charge in [0.2, 0.25) is 5.91 Å². The lowest BCUT2D eigenvalue weighted by molar-refractivity contribution is -0.175. The first kappa shape index (κ1) is 18.7. The van der Waals surface area contributed by atoms with Gasteiger partial charge in [-0.05, 0) is 18.1 Å². The molecule has 4 nitrogen and oxygen atoms in total. The highest BCUT2D eigenvalue weighted by Gasteiger charge is 2.27. The largest absolute Gasteiger partial charge is 0.411 e. The van der Waals surface area contributed by atoms with Gasteiger partial charge in [0.05, 0.1) is 13.0 Å². The van der Waals surface area contributed by atoms with Crippen molar-refractivity contribution >= 4 is 5.91 Å². The number of amides is 1. The summed E-state index contributed by atoms with van der Waals surface area (Å²) in [5.41, 5.74) is 2.52. The summed E-state index contributed by atoms with van der Waals surface area (Å²) < 4.78 is 40.4. The third-order valence-corrected chi connectivity index (χ3v) is 4.11. The molecule has 1 saturated heterocycles. The second kappa shape index (κ2) is 8.48. The maximum atomic E-state index is 12.0. The first-order valence-electron chi connectivity index (χ1n) is 8.04. The van der Waals surface area contributed by atoms with E-state index in [1.54, 1.807) is 4.90 Å². The highest BCUT2D eigenvalue weighted by atomic mass is 19.4. The van der Waals surface area contributed by atoms with Crippen LogP contribution in [0.1, 0.15) is 17.5 Å². The number of ether oxygens (including phenoxy) is 1. The number of alkyl halides is 3. The van der Waals surface area contributed by atoms with Crippen LogP contribution in [0.5, 0.6) is 0 Å². The molecule has 1 aromatic rings. The predicted molar refractivity (Wildman–Crippen MR) is 84.5 cm³/mol. The van der Waals surface area contributed by atoms with Gasteiger partial charge < -0.3 is 9.64 Å². The summed E-state index contributed by atoms with van der Waals surface area (Å²) >= 11 is 0. The molecule has 24 heavy (non-hydrogen) atoms. The molecule has 0 aromatic heterocycles. The smallest absolute Gasteiger partial charge is 0.372 e. The molecule has 0 atom stereocenters. The summed E-state index contributed by atoms with van der Waals surface area (Å²) in [5.74, 6) is -0.146. The number of hydrogen-bond acceptors (Lipinski definition) is 3. The third kappa shape index (κ3) is 6.13. The highest BCUT2D eigenvalue weighted by Crippen LogP contribution is 2.15. The molecule has 1 aliphatic heterocycles. The number of carbonyl (C=O) groups excluding carboxylic acids is 1. The molecular formula is C17H23F3N2O2. The summed E-state index contributed by atoms with van der Waals surface area (Å²) in [4.78, 5) is 16.0. The Hall–Kier alpha value is -1.60. The molecule has 1 amide bonds. The number of hydrogen-bond donors (Lipinski definition) is 0. The Bertz CT molecular complexity index is 541. The first-order chi connectivity index (χ1) is 11.3. The van der Waals surface area contributed by atoms with Crippen LogP contribution in [0.15, 0.2) is 24.3 Å². The lowest BCUT2D eigenvalue weighted by Gasteiger charge is -2.35. The SMILES string of the molecule is Cc1ccccc1CN1CCN(C(=O)CCOCC(F)(F)F)CC1. The lowest BCUT2D eigenvalue weighted by atomic mass is 10.1. The van der Waals surface area contributed by atoms with Crippen LogP contribution >= 0.6 is 0 Å². The van der Waals surface area contributed by atoms with Crippen molar-refractivity contribution in [2.45, 2.75) is 26.1 Å². The number of halogens is 3. The maximum absolute atomic E-state index is 12.0. The van der Waals surface area contributed by atoms with E-state index >= 15 is 0 Å². The number of nitrogens with zero attached hydrogens (tertiary/aromatic N) is 2. The van der Waals surface area contributed by atoms with Crippen molar-refractivity contribution in [2.75, 3.05) is 39.4 Å². The zero-order chi connectivity index (χ0) is 17.6. The molecule has 1 fully saturated rings. The molecule has 0 spiro atoms. The number of carbonyl (C=O) groups is 1. The van der Waals surface area contributed by atoms with E-state index in [1.165, 1.54) is 11.1 Å². The average Bonchev–Trinajstić information content (AvgIpc) is 2.53. The van der Waals surface area contributed by atoms with Crippen LogP contribution in [-0.2, 0) is 16.1 Å². The van der Waals surface area contributed by atoms with E-state index in [0.29, 0.717) is 13.1 Å². The monoisotopic (exact) mass is 344 g/mol. The first-order valence-corrected chi connectivity index (χ1v) is 8.04. The highest BCUT2D eigenvalue weighted by molar-refractivity contribution is 5.76. The summed E-state index contributed by atoms with van der Waals surface area (Å²) in [7, 11) is 0. The van der Waals surface area contributed by atoms with Crippen molar-refractivity contribution in [3.63, 3.8) is 0 Å². The number of benzene rings is 1. The zero-order valence-corrected chi connectivity index (χ0v) is 13.8. The average molecular weight is 344 g/mol. The molecule has 1 heterocycles. The molecule has 1 aromatic carbocycles. The van der Waals surface area contributed by atoms with Crippen LogP contribution in [0, 0.1) is 6.92 Å². The Kier molecular flexibility index (Phi) is 6.62. The second-order valence-corrected chi connectivity index (χ2v) is 6.00. The fraction of sp³-hybridized carbons (Fsp3) is 0.588. The number of aryl methyl sites for hydroxylation is 1. The Labute approximate surface area is 140 Å². The van der Waals surface area contributed by atoms with Crippen molar-refractivity contribution < 1.29 is 22.7 Å². The van der Waals surface area contributed by atoms with Gasteiger partial charge in [0.1, 0.15) is 6.61 Å². The lowest BCUT2D eigenvalue weighted by Crippen LogP contribution is -2.48. The van der Waals surface area contributed by atoms with Crippen LogP contribution in [0.3, 0.4) is 0 Å². The molecular weight excluding hydrogens is 321 g/mol. The zero-order valence-electron chi connectivity index (χ0n) is 13.8. The van der Waals surface area contributed by atoms with Crippen molar-refractivity contribution in [3.8, 4) is 0 Å². The van der Waals surface area contributed by atoms with E-state index in [1.807, 2.05) is 12.1 Å². The van der Waals surface area contributed by atoms with Crippen LogP contribution in [-0.4, -0.2) is 61.3 Å². The summed E-state index contributed by atoms with van der Waals surface area (Å²) in [6.45, 7) is 4.17. The summed E-state index contributed by atoms with van der Waals surface area (Å²) in [6.07, 6.45) is -4.35. The van der Waals surface area contributed by atoms with Gasteiger partial charge in [0.25, 0.3) is 0 Å². The van der Waals surface area contributed by atoms with E-state index in [2.05, 4.69) is 28.7 Å². The molecule has 0 saturated carbocycles. The predicted octanol–water partition coefficient (Wildman–Crippen LogP) is 2.61. The maximum Gasteiger partial charge on any atom is 0.411 e.